The van der Waals surface area contributed by atoms with Crippen LogP contribution in [-0.2, 0) is 9.53 Å². The molecule has 0 fully saturated rings. The maximum atomic E-state index is 13.6. The van der Waals surface area contributed by atoms with Crippen molar-refractivity contribution < 1.29 is 19.1 Å². The highest BCUT2D eigenvalue weighted by molar-refractivity contribution is 7.20. The molecule has 2 N–H and O–H groups in total. The molecule has 0 saturated heterocycles. The van der Waals surface area contributed by atoms with Gasteiger partial charge in [0, 0.05) is 11.4 Å². The van der Waals surface area contributed by atoms with Crippen LogP contribution in [0.5, 0.6) is 0 Å². The predicted octanol–water partition coefficient (Wildman–Crippen LogP) is 5.40. The molecule has 39 heavy (non-hydrogen) atoms. The molecule has 0 radical (unpaired) electrons. The van der Waals surface area contributed by atoms with Gasteiger partial charge in [-0.15, -0.1) is 11.3 Å². The fourth-order valence-electron chi connectivity index (χ4n) is 4.38. The van der Waals surface area contributed by atoms with Crippen LogP contribution < -0.4 is 16.2 Å². The highest BCUT2D eigenvalue weighted by Crippen LogP contribution is 2.29. The Balaban J connectivity index is 1.62. The number of hydrogen-bond donors (Lipinski definition) is 2. The Morgan fingerprint density at radius 1 is 1.05 bits per heavy atom. The quantitative estimate of drug-likeness (QED) is 0.286. The van der Waals surface area contributed by atoms with E-state index >= 15 is 0 Å². The first kappa shape index (κ1) is 27.7. The molecule has 1 atom stereocenters. The summed E-state index contributed by atoms with van der Waals surface area (Å²) in [6.45, 7) is 9.36. The minimum Gasteiger partial charge on any atom is -0.462 e. The summed E-state index contributed by atoms with van der Waals surface area (Å²) in [5.74, 6) is -1.24. The number of carbonyl (C=O) groups excluding carboxylic acids is 3. The molecule has 2 heterocycles. The van der Waals surface area contributed by atoms with E-state index in [1.807, 2.05) is 32.0 Å². The molecule has 2 aromatic heterocycles. The number of rotatable bonds is 8. The zero-order chi connectivity index (χ0) is 28.3. The van der Waals surface area contributed by atoms with Gasteiger partial charge in [0.15, 0.2) is 0 Å². The van der Waals surface area contributed by atoms with E-state index in [4.69, 9.17) is 4.74 Å². The summed E-state index contributed by atoms with van der Waals surface area (Å²) in [6, 6.07) is 11.3. The summed E-state index contributed by atoms with van der Waals surface area (Å²) >= 11 is 1.14. The van der Waals surface area contributed by atoms with E-state index in [1.54, 1.807) is 39.0 Å². The molecule has 0 bridgehead atoms. The Hall–Kier alpha value is -4.31. The number of fused-ring (bicyclic) bond motifs is 1. The Bertz CT molecular complexity index is 1640. The summed E-state index contributed by atoms with van der Waals surface area (Å²) in [4.78, 5) is 57.2. The topological polar surface area (TPSA) is 119 Å². The highest BCUT2D eigenvalue weighted by Gasteiger charge is 2.25. The van der Waals surface area contributed by atoms with E-state index in [9.17, 15) is 19.2 Å². The second kappa shape index (κ2) is 11.6. The fraction of sp³-hybridized carbons (Fsp3) is 0.276. The smallest absolute Gasteiger partial charge is 0.338 e. The summed E-state index contributed by atoms with van der Waals surface area (Å²) in [7, 11) is 0. The van der Waals surface area contributed by atoms with Crippen LogP contribution in [0.15, 0.2) is 53.6 Å². The summed E-state index contributed by atoms with van der Waals surface area (Å²) in [5.41, 5.74) is 3.55. The van der Waals surface area contributed by atoms with Gasteiger partial charge in [-0.05, 0) is 69.5 Å². The van der Waals surface area contributed by atoms with Crippen LogP contribution in [-0.4, -0.2) is 33.9 Å². The number of aromatic nitrogens is 2. The molecule has 0 spiro atoms. The molecule has 9 nitrogen and oxygen atoms in total. The van der Waals surface area contributed by atoms with Crippen LogP contribution in [0, 0.1) is 20.8 Å². The van der Waals surface area contributed by atoms with Gasteiger partial charge in [-0.3, -0.25) is 19.0 Å². The Kier molecular flexibility index (Phi) is 8.25. The zero-order valence-corrected chi connectivity index (χ0v) is 23.3. The minimum absolute atomic E-state index is 0.239. The molecule has 2 amide bonds. The average molecular weight is 547 g/mol. The number of thiophene rings is 1. The molecular formula is C29H30N4O5S. The van der Waals surface area contributed by atoms with Crippen molar-refractivity contribution in [1.29, 1.82) is 0 Å². The van der Waals surface area contributed by atoms with E-state index < -0.39 is 23.5 Å². The van der Waals surface area contributed by atoms with Gasteiger partial charge in [0.25, 0.3) is 11.5 Å². The maximum Gasteiger partial charge on any atom is 0.338 e. The zero-order valence-electron chi connectivity index (χ0n) is 22.5. The van der Waals surface area contributed by atoms with Gasteiger partial charge in [-0.2, -0.15) is 0 Å². The lowest BCUT2D eigenvalue weighted by molar-refractivity contribution is -0.119. The Labute approximate surface area is 229 Å². The number of esters is 1. The van der Waals surface area contributed by atoms with E-state index in [-0.39, 0.29) is 12.5 Å². The second-order valence-corrected chi connectivity index (χ2v) is 10.2. The van der Waals surface area contributed by atoms with Gasteiger partial charge >= 0.3 is 5.97 Å². The molecular weight excluding hydrogens is 516 g/mol. The molecule has 1 unspecified atom stereocenters. The molecule has 0 aliphatic rings. The van der Waals surface area contributed by atoms with Gasteiger partial charge in [0.1, 0.15) is 10.9 Å². The van der Waals surface area contributed by atoms with E-state index in [0.717, 1.165) is 22.5 Å². The molecule has 4 aromatic rings. The number of nitrogens with zero attached hydrogens (tertiary/aromatic N) is 2. The lowest BCUT2D eigenvalue weighted by atomic mass is 10.1. The van der Waals surface area contributed by atoms with Gasteiger partial charge < -0.3 is 15.4 Å². The molecule has 10 heteroatoms. The maximum absolute atomic E-state index is 13.6. The van der Waals surface area contributed by atoms with Crippen molar-refractivity contribution in [3.63, 3.8) is 0 Å². The van der Waals surface area contributed by atoms with Gasteiger partial charge in [0.2, 0.25) is 5.91 Å². The third kappa shape index (κ3) is 5.75. The summed E-state index contributed by atoms with van der Waals surface area (Å²) in [6.07, 6.45) is 1.66. The first-order valence-corrected chi connectivity index (χ1v) is 13.4. The molecule has 0 aliphatic carbocycles. The largest absolute Gasteiger partial charge is 0.462 e. The number of hydrogen-bond acceptors (Lipinski definition) is 7. The van der Waals surface area contributed by atoms with Crippen LogP contribution in [0.25, 0.3) is 10.2 Å². The third-order valence-corrected chi connectivity index (χ3v) is 7.58. The normalized spacial score (nSPS) is 11.7. The van der Waals surface area contributed by atoms with Crippen molar-refractivity contribution in [3.8, 4) is 0 Å². The van der Waals surface area contributed by atoms with Crippen LogP contribution in [0.4, 0.5) is 11.4 Å². The summed E-state index contributed by atoms with van der Waals surface area (Å²) < 4.78 is 6.31. The molecule has 2 aromatic carbocycles. The number of benzene rings is 2. The standard InChI is InChI=1S/C29H30N4O5S/c1-6-22(25(34)31-20-10-8-9-19(14-20)29(37)38-7-2)33-15-30-27-23(28(33)36)18(5)24(39-27)26(35)32-21-12-11-16(3)13-17(21)4/h8-15,22H,6-7H2,1-5H3,(H,31,34)(H,32,35). The first-order valence-electron chi connectivity index (χ1n) is 12.6. The van der Waals surface area contributed by atoms with Crippen molar-refractivity contribution in [3.05, 3.63) is 86.3 Å². The highest BCUT2D eigenvalue weighted by atomic mass is 32.1. The van der Waals surface area contributed by atoms with Crippen LogP contribution in [0.3, 0.4) is 0 Å². The van der Waals surface area contributed by atoms with E-state index in [1.165, 1.54) is 17.0 Å². The number of amides is 2. The molecule has 0 saturated carbocycles. The van der Waals surface area contributed by atoms with Crippen LogP contribution in [0.2, 0.25) is 0 Å². The summed E-state index contributed by atoms with van der Waals surface area (Å²) in [5, 5.41) is 6.02. The van der Waals surface area contributed by atoms with Crippen molar-refractivity contribution in [1.82, 2.24) is 9.55 Å². The number of nitrogens with one attached hydrogen (secondary N) is 2. The molecule has 202 valence electrons. The lowest BCUT2D eigenvalue weighted by Gasteiger charge is -2.18. The van der Waals surface area contributed by atoms with E-state index in [2.05, 4.69) is 15.6 Å². The van der Waals surface area contributed by atoms with Crippen LogP contribution in [0.1, 0.15) is 63.0 Å². The van der Waals surface area contributed by atoms with Crippen molar-refractivity contribution in [2.75, 3.05) is 17.2 Å². The van der Waals surface area contributed by atoms with Gasteiger partial charge in [-0.1, -0.05) is 30.7 Å². The van der Waals surface area contributed by atoms with Crippen molar-refractivity contribution in [2.24, 2.45) is 0 Å². The fourth-order valence-corrected chi connectivity index (χ4v) is 5.42. The molecule has 4 rings (SSSR count). The minimum atomic E-state index is -0.854. The monoisotopic (exact) mass is 546 g/mol. The predicted molar refractivity (Wildman–Crippen MR) is 153 cm³/mol. The van der Waals surface area contributed by atoms with E-state index in [0.29, 0.717) is 44.0 Å². The Morgan fingerprint density at radius 3 is 2.51 bits per heavy atom. The number of ether oxygens (including phenoxy) is 1. The Morgan fingerprint density at radius 2 is 1.82 bits per heavy atom. The third-order valence-electron chi connectivity index (χ3n) is 6.38. The van der Waals surface area contributed by atoms with Crippen molar-refractivity contribution in [2.45, 2.75) is 47.1 Å². The van der Waals surface area contributed by atoms with Gasteiger partial charge in [0.05, 0.1) is 28.8 Å². The number of aryl methyl sites for hydroxylation is 3. The average Bonchev–Trinajstić information content (AvgIpc) is 3.24. The SMILES string of the molecule is CCOC(=O)c1cccc(NC(=O)C(CC)n2cnc3sc(C(=O)Nc4ccc(C)cc4C)c(C)c3c2=O)c1. The number of carbonyl (C=O) groups is 3. The van der Waals surface area contributed by atoms with Crippen molar-refractivity contribution >= 4 is 50.7 Å². The van der Waals surface area contributed by atoms with Crippen LogP contribution >= 0.6 is 11.3 Å². The molecule has 0 aliphatic heterocycles. The first-order chi connectivity index (χ1) is 18.6. The second-order valence-electron chi connectivity index (χ2n) is 9.18. The van der Waals surface area contributed by atoms with Gasteiger partial charge in [-0.25, -0.2) is 9.78 Å². The lowest BCUT2D eigenvalue weighted by Crippen LogP contribution is -2.33. The number of anilines is 2.